The minimum absolute atomic E-state index is 0.0252. The fourth-order valence-electron chi connectivity index (χ4n) is 4.77. The van der Waals surface area contributed by atoms with E-state index in [1.165, 1.54) is 37.8 Å². The average Bonchev–Trinajstić information content (AvgIpc) is 2.66. The van der Waals surface area contributed by atoms with Crippen LogP contribution in [0.1, 0.15) is 69.8 Å². The molecule has 0 spiro atoms. The van der Waals surface area contributed by atoms with Gasteiger partial charge in [-0.2, -0.15) is 15.5 Å². The lowest BCUT2D eigenvalue weighted by Crippen LogP contribution is -2.19. The maximum Gasteiger partial charge on any atom is 0.200 e. The van der Waals surface area contributed by atoms with E-state index in [0.717, 1.165) is 37.5 Å². The number of ether oxygens (including phenoxy) is 1. The minimum Gasteiger partial charge on any atom is -0.491 e. The molecule has 0 N–H and O–H groups in total. The molecule has 1 aliphatic carbocycles. The van der Waals surface area contributed by atoms with Crippen molar-refractivity contribution in [2.24, 2.45) is 11.8 Å². The van der Waals surface area contributed by atoms with Gasteiger partial charge in [-0.1, -0.05) is 31.7 Å². The number of rotatable bonds is 6. The Morgan fingerprint density at radius 3 is 2.19 bits per heavy atom. The van der Waals surface area contributed by atoms with Crippen molar-refractivity contribution < 1.29 is 13.5 Å². The van der Waals surface area contributed by atoms with E-state index in [9.17, 15) is 8.78 Å². The number of hydrogen-bond acceptors (Lipinski definition) is 1. The highest BCUT2D eigenvalue weighted by atomic mass is 35.6. The van der Waals surface area contributed by atoms with Gasteiger partial charge >= 0.3 is 0 Å². The van der Waals surface area contributed by atoms with E-state index in [2.05, 4.69) is 0 Å². The van der Waals surface area contributed by atoms with E-state index in [-0.39, 0.29) is 11.7 Å². The maximum absolute atomic E-state index is 14.4. The fraction of sp³-hybridized carbons (Fsp3) is 0.714. The van der Waals surface area contributed by atoms with Crippen molar-refractivity contribution in [3.8, 4) is 5.75 Å². The molecule has 2 aliphatic rings. The van der Waals surface area contributed by atoms with Gasteiger partial charge in [0.1, 0.15) is 8.11 Å². The van der Waals surface area contributed by atoms with Gasteiger partial charge in [0, 0.05) is 0 Å². The summed E-state index contributed by atoms with van der Waals surface area (Å²) in [6.07, 6.45) is 9.52. The SMILES string of the molecule is CCOc1ccc([C@H]2CC[C@H](CCC3CC[SiH](Cl)CC3)CC2)c(F)c1F. The van der Waals surface area contributed by atoms with Crippen LogP contribution in [0.15, 0.2) is 12.1 Å². The Morgan fingerprint density at radius 2 is 1.58 bits per heavy atom. The average molecular weight is 401 g/mol. The predicted molar refractivity (Wildman–Crippen MR) is 107 cm³/mol. The molecule has 0 atom stereocenters. The van der Waals surface area contributed by atoms with Crippen molar-refractivity contribution in [1.82, 2.24) is 0 Å². The summed E-state index contributed by atoms with van der Waals surface area (Å²) in [4.78, 5) is 0. The Morgan fingerprint density at radius 1 is 0.962 bits per heavy atom. The second kappa shape index (κ2) is 9.54. The molecule has 1 heterocycles. The van der Waals surface area contributed by atoms with Gasteiger partial charge in [-0.3, -0.25) is 0 Å². The molecule has 2 fully saturated rings. The summed E-state index contributed by atoms with van der Waals surface area (Å²) < 4.78 is 33.7. The lowest BCUT2D eigenvalue weighted by molar-refractivity contribution is 0.275. The van der Waals surface area contributed by atoms with Crippen LogP contribution in [0.25, 0.3) is 0 Å². The van der Waals surface area contributed by atoms with E-state index in [1.807, 2.05) is 0 Å². The van der Waals surface area contributed by atoms with E-state index in [4.69, 9.17) is 15.8 Å². The van der Waals surface area contributed by atoms with Gasteiger partial charge in [-0.25, -0.2) is 4.39 Å². The van der Waals surface area contributed by atoms with Gasteiger partial charge in [0.15, 0.2) is 11.6 Å². The van der Waals surface area contributed by atoms with Crippen LogP contribution < -0.4 is 4.74 Å². The molecular weight excluding hydrogens is 370 g/mol. The highest BCUT2D eigenvalue weighted by molar-refractivity contribution is 7.07. The molecule has 1 saturated carbocycles. The largest absolute Gasteiger partial charge is 0.491 e. The van der Waals surface area contributed by atoms with Crippen LogP contribution in [-0.2, 0) is 0 Å². The van der Waals surface area contributed by atoms with Crippen molar-refractivity contribution in [3.05, 3.63) is 29.3 Å². The fourth-order valence-corrected chi connectivity index (χ4v) is 7.48. The third-order valence-corrected chi connectivity index (χ3v) is 9.65. The van der Waals surface area contributed by atoms with Crippen molar-refractivity contribution in [2.45, 2.75) is 76.3 Å². The van der Waals surface area contributed by atoms with Crippen molar-refractivity contribution in [3.63, 3.8) is 0 Å². The second-order valence-corrected chi connectivity index (χ2v) is 12.3. The predicted octanol–water partition coefficient (Wildman–Crippen LogP) is 6.79. The zero-order valence-corrected chi connectivity index (χ0v) is 17.7. The van der Waals surface area contributed by atoms with Gasteiger partial charge < -0.3 is 4.74 Å². The summed E-state index contributed by atoms with van der Waals surface area (Å²) in [5.41, 5.74) is 0.537. The first-order valence-electron chi connectivity index (χ1n) is 10.3. The summed E-state index contributed by atoms with van der Waals surface area (Å²) >= 11 is 6.33. The monoisotopic (exact) mass is 400 g/mol. The van der Waals surface area contributed by atoms with Crippen molar-refractivity contribution in [2.75, 3.05) is 6.61 Å². The Hall–Kier alpha value is -0.613. The van der Waals surface area contributed by atoms with Crippen LogP contribution in [0.4, 0.5) is 8.78 Å². The summed E-state index contributed by atoms with van der Waals surface area (Å²) in [6.45, 7) is 2.12. The van der Waals surface area contributed by atoms with Gasteiger partial charge in [0.2, 0.25) is 5.82 Å². The van der Waals surface area contributed by atoms with Crippen LogP contribution in [-0.4, -0.2) is 14.7 Å². The molecule has 0 radical (unpaired) electrons. The summed E-state index contributed by atoms with van der Waals surface area (Å²) in [6, 6.07) is 5.92. The Kier molecular flexibility index (Phi) is 7.39. The van der Waals surface area contributed by atoms with Crippen LogP contribution in [0, 0.1) is 23.5 Å². The molecule has 3 rings (SSSR count). The molecule has 146 valence electrons. The number of benzene rings is 1. The zero-order valence-electron chi connectivity index (χ0n) is 15.8. The zero-order chi connectivity index (χ0) is 18.5. The lowest BCUT2D eigenvalue weighted by Gasteiger charge is -2.31. The van der Waals surface area contributed by atoms with Crippen molar-refractivity contribution in [1.29, 1.82) is 0 Å². The van der Waals surface area contributed by atoms with Crippen LogP contribution in [0.5, 0.6) is 5.75 Å². The molecule has 0 unspecified atom stereocenters. The highest BCUT2D eigenvalue weighted by Gasteiger charge is 2.28. The molecule has 1 aliphatic heterocycles. The van der Waals surface area contributed by atoms with E-state index in [0.29, 0.717) is 12.2 Å². The molecule has 1 nitrogen and oxygen atoms in total. The molecule has 0 bridgehead atoms. The third kappa shape index (κ3) is 5.01. The molecule has 1 aromatic rings. The Bertz CT molecular complexity index is 582. The third-order valence-electron chi connectivity index (χ3n) is 6.42. The molecule has 1 aromatic carbocycles. The maximum atomic E-state index is 14.4. The topological polar surface area (TPSA) is 9.23 Å². The highest BCUT2D eigenvalue weighted by Crippen LogP contribution is 2.41. The van der Waals surface area contributed by atoms with Crippen LogP contribution in [0.3, 0.4) is 0 Å². The molecule has 1 saturated heterocycles. The van der Waals surface area contributed by atoms with Gasteiger partial charge in [-0.05, 0) is 74.1 Å². The molecule has 26 heavy (non-hydrogen) atoms. The Labute approximate surface area is 162 Å². The second-order valence-electron chi connectivity index (χ2n) is 8.13. The lowest BCUT2D eigenvalue weighted by atomic mass is 9.76. The van der Waals surface area contributed by atoms with E-state index >= 15 is 0 Å². The van der Waals surface area contributed by atoms with Crippen LogP contribution in [0.2, 0.25) is 12.1 Å². The summed E-state index contributed by atoms with van der Waals surface area (Å²) in [5.74, 6) is 0.276. The molecule has 5 heteroatoms. The Balaban J connectivity index is 1.48. The van der Waals surface area contributed by atoms with Crippen molar-refractivity contribution >= 4 is 19.2 Å². The van der Waals surface area contributed by atoms with Crippen LogP contribution >= 0.6 is 11.1 Å². The standard InChI is InChI=1S/C21H31ClF2OSi/c1-2-25-19-10-9-18(20(23)21(19)24)17-7-5-15(6-8-17)3-4-16-11-13-26(22)14-12-16/h9-10,15-17,26H,2-8,11-14H2,1H3/t15-,16?,17-,26?. The quantitative estimate of drug-likeness (QED) is 0.377. The molecular formula is C21H31ClF2OSi. The van der Waals surface area contributed by atoms with Gasteiger partial charge in [0.05, 0.1) is 6.61 Å². The molecule has 0 amide bonds. The first kappa shape index (κ1) is 20.1. The first-order valence-corrected chi connectivity index (χ1v) is 13.7. The summed E-state index contributed by atoms with van der Waals surface area (Å²) in [7, 11) is -0.856. The van der Waals surface area contributed by atoms with E-state index < -0.39 is 19.7 Å². The minimum atomic E-state index is -0.856. The first-order chi connectivity index (χ1) is 12.6. The van der Waals surface area contributed by atoms with Gasteiger partial charge in [0.25, 0.3) is 0 Å². The normalized spacial score (nSPS) is 29.5. The summed E-state index contributed by atoms with van der Waals surface area (Å²) in [5, 5.41) is 0. The number of halogens is 3. The molecule has 0 aromatic heterocycles. The number of hydrogen-bond donors (Lipinski definition) is 0. The smallest absolute Gasteiger partial charge is 0.200 e. The van der Waals surface area contributed by atoms with Gasteiger partial charge in [-0.15, -0.1) is 0 Å². The van der Waals surface area contributed by atoms with E-state index in [1.54, 1.807) is 19.1 Å².